The number of hydrogen-bond donors (Lipinski definition) is 1. The van der Waals surface area contributed by atoms with Crippen molar-refractivity contribution in [2.24, 2.45) is 0 Å². The molecule has 0 radical (unpaired) electrons. The fraction of sp³-hybridized carbons (Fsp3) is 0.625. The molecule has 0 heterocycles. The fourth-order valence-electron chi connectivity index (χ4n) is 2.02. The van der Waals surface area contributed by atoms with Gasteiger partial charge >= 0.3 is 0 Å². The summed E-state index contributed by atoms with van der Waals surface area (Å²) in [6.45, 7) is 3.99. The van der Waals surface area contributed by atoms with Gasteiger partial charge in [0.05, 0.1) is 6.61 Å². The summed E-state index contributed by atoms with van der Waals surface area (Å²) >= 11 is 0. The molecular formula is C16H27NO. The smallest absolute Gasteiger partial charge is 0.119 e. The zero-order valence-corrected chi connectivity index (χ0v) is 11.9. The van der Waals surface area contributed by atoms with Crippen LogP contribution in [-0.4, -0.2) is 13.7 Å². The Morgan fingerprint density at radius 3 is 2.61 bits per heavy atom. The van der Waals surface area contributed by atoms with Crippen LogP contribution >= 0.6 is 0 Å². The molecule has 102 valence electrons. The van der Waals surface area contributed by atoms with Gasteiger partial charge in [-0.15, -0.1) is 0 Å². The molecule has 1 aromatic carbocycles. The van der Waals surface area contributed by atoms with Gasteiger partial charge in [-0.2, -0.15) is 0 Å². The summed E-state index contributed by atoms with van der Waals surface area (Å²) in [5, 5.41) is 3.15. The summed E-state index contributed by atoms with van der Waals surface area (Å²) in [6, 6.07) is 8.33. The first-order valence-corrected chi connectivity index (χ1v) is 7.23. The lowest BCUT2D eigenvalue weighted by molar-refractivity contribution is 0.304. The molecule has 0 aliphatic heterocycles. The van der Waals surface area contributed by atoms with Gasteiger partial charge in [-0.25, -0.2) is 0 Å². The van der Waals surface area contributed by atoms with E-state index in [0.717, 1.165) is 18.9 Å². The molecule has 0 bridgehead atoms. The summed E-state index contributed by atoms with van der Waals surface area (Å²) in [4.78, 5) is 0. The molecule has 0 saturated heterocycles. The highest BCUT2D eigenvalue weighted by atomic mass is 16.5. The highest BCUT2D eigenvalue weighted by molar-refractivity contribution is 5.28. The van der Waals surface area contributed by atoms with Crippen LogP contribution in [0.4, 0.5) is 0 Å². The van der Waals surface area contributed by atoms with E-state index in [1.165, 1.54) is 44.1 Å². The highest BCUT2D eigenvalue weighted by Crippen LogP contribution is 2.14. The van der Waals surface area contributed by atoms with Gasteiger partial charge in [0.1, 0.15) is 5.75 Å². The summed E-state index contributed by atoms with van der Waals surface area (Å²) in [7, 11) is 1.96. The van der Waals surface area contributed by atoms with Crippen LogP contribution in [0.15, 0.2) is 24.3 Å². The number of ether oxygens (including phenoxy) is 1. The monoisotopic (exact) mass is 249 g/mol. The van der Waals surface area contributed by atoms with Gasteiger partial charge in [0.15, 0.2) is 0 Å². The second kappa shape index (κ2) is 9.95. The van der Waals surface area contributed by atoms with Crippen molar-refractivity contribution >= 4 is 0 Å². The average Bonchev–Trinajstić information content (AvgIpc) is 2.39. The standard InChI is InChI=1S/C16H27NO/c1-3-4-5-6-7-8-12-18-16-11-9-10-15(13-16)14-17-2/h9-11,13,17H,3-8,12,14H2,1-2H3. The van der Waals surface area contributed by atoms with E-state index >= 15 is 0 Å². The topological polar surface area (TPSA) is 21.3 Å². The van der Waals surface area contributed by atoms with Gasteiger partial charge in [-0.3, -0.25) is 0 Å². The molecule has 2 heteroatoms. The van der Waals surface area contributed by atoms with Crippen molar-refractivity contribution in [1.82, 2.24) is 5.32 Å². The van der Waals surface area contributed by atoms with E-state index in [4.69, 9.17) is 4.74 Å². The predicted octanol–water partition coefficient (Wildman–Crippen LogP) is 4.15. The molecule has 1 N–H and O–H groups in total. The van der Waals surface area contributed by atoms with Crippen LogP contribution in [0.3, 0.4) is 0 Å². The van der Waals surface area contributed by atoms with Crippen molar-refractivity contribution < 1.29 is 4.74 Å². The lowest BCUT2D eigenvalue weighted by Gasteiger charge is -2.08. The van der Waals surface area contributed by atoms with Crippen LogP contribution in [0.25, 0.3) is 0 Å². The molecule has 0 fully saturated rings. The molecule has 0 unspecified atom stereocenters. The molecule has 0 aliphatic rings. The molecule has 2 nitrogen and oxygen atoms in total. The van der Waals surface area contributed by atoms with Gasteiger partial charge in [0.2, 0.25) is 0 Å². The Morgan fingerprint density at radius 1 is 1.06 bits per heavy atom. The maximum absolute atomic E-state index is 5.77. The van der Waals surface area contributed by atoms with Gasteiger partial charge in [-0.1, -0.05) is 51.2 Å². The van der Waals surface area contributed by atoms with E-state index in [9.17, 15) is 0 Å². The first-order chi connectivity index (χ1) is 8.86. The van der Waals surface area contributed by atoms with Crippen LogP contribution in [-0.2, 0) is 6.54 Å². The Labute approximate surface area is 112 Å². The van der Waals surface area contributed by atoms with Gasteiger partial charge in [0, 0.05) is 6.54 Å². The van der Waals surface area contributed by atoms with Gasteiger partial charge in [0.25, 0.3) is 0 Å². The van der Waals surface area contributed by atoms with Crippen LogP contribution in [0.2, 0.25) is 0 Å². The molecule has 18 heavy (non-hydrogen) atoms. The zero-order chi connectivity index (χ0) is 13.1. The first kappa shape index (κ1) is 15.0. The van der Waals surface area contributed by atoms with Crippen LogP contribution < -0.4 is 10.1 Å². The number of benzene rings is 1. The number of nitrogens with one attached hydrogen (secondary N) is 1. The summed E-state index contributed by atoms with van der Waals surface area (Å²) in [6.07, 6.45) is 7.85. The Morgan fingerprint density at radius 2 is 1.83 bits per heavy atom. The highest BCUT2D eigenvalue weighted by Gasteiger charge is 1.96. The van der Waals surface area contributed by atoms with Gasteiger partial charge < -0.3 is 10.1 Å². The Bertz CT molecular complexity index is 312. The molecule has 0 spiro atoms. The maximum atomic E-state index is 5.77. The maximum Gasteiger partial charge on any atom is 0.119 e. The molecule has 0 amide bonds. The first-order valence-electron chi connectivity index (χ1n) is 7.23. The minimum atomic E-state index is 0.842. The molecule has 0 atom stereocenters. The van der Waals surface area contributed by atoms with E-state index in [0.29, 0.717) is 0 Å². The normalized spacial score (nSPS) is 10.6. The summed E-state index contributed by atoms with van der Waals surface area (Å²) in [5.41, 5.74) is 1.28. The third-order valence-electron chi connectivity index (χ3n) is 3.05. The third kappa shape index (κ3) is 6.65. The molecule has 1 rings (SSSR count). The predicted molar refractivity (Wildman–Crippen MR) is 78.1 cm³/mol. The molecular weight excluding hydrogens is 222 g/mol. The largest absolute Gasteiger partial charge is 0.494 e. The molecule has 1 aromatic rings. The lowest BCUT2D eigenvalue weighted by Crippen LogP contribution is -2.05. The summed E-state index contributed by atoms with van der Waals surface area (Å²) in [5.74, 6) is 0.997. The summed E-state index contributed by atoms with van der Waals surface area (Å²) < 4.78 is 5.77. The van der Waals surface area contributed by atoms with E-state index in [1.807, 2.05) is 13.1 Å². The minimum Gasteiger partial charge on any atom is -0.494 e. The van der Waals surface area contributed by atoms with Crippen LogP contribution in [0.5, 0.6) is 5.75 Å². The van der Waals surface area contributed by atoms with Crippen molar-refractivity contribution in [3.05, 3.63) is 29.8 Å². The van der Waals surface area contributed by atoms with E-state index in [1.54, 1.807) is 0 Å². The van der Waals surface area contributed by atoms with Crippen molar-refractivity contribution in [3.63, 3.8) is 0 Å². The lowest BCUT2D eigenvalue weighted by atomic mass is 10.1. The van der Waals surface area contributed by atoms with E-state index in [-0.39, 0.29) is 0 Å². The van der Waals surface area contributed by atoms with Gasteiger partial charge in [-0.05, 0) is 31.2 Å². The Hall–Kier alpha value is -1.02. The van der Waals surface area contributed by atoms with Crippen LogP contribution in [0.1, 0.15) is 51.0 Å². The Kier molecular flexibility index (Phi) is 8.32. The molecule has 0 aliphatic carbocycles. The number of unbranched alkanes of at least 4 members (excludes halogenated alkanes) is 5. The Balaban J connectivity index is 2.13. The fourth-order valence-corrected chi connectivity index (χ4v) is 2.02. The van der Waals surface area contributed by atoms with Crippen LogP contribution in [0, 0.1) is 0 Å². The average molecular weight is 249 g/mol. The van der Waals surface area contributed by atoms with Crippen molar-refractivity contribution in [2.75, 3.05) is 13.7 Å². The third-order valence-corrected chi connectivity index (χ3v) is 3.05. The second-order valence-electron chi connectivity index (χ2n) is 4.79. The molecule has 0 saturated carbocycles. The number of hydrogen-bond acceptors (Lipinski definition) is 2. The number of rotatable bonds is 10. The van der Waals surface area contributed by atoms with E-state index < -0.39 is 0 Å². The minimum absolute atomic E-state index is 0.842. The SMILES string of the molecule is CCCCCCCCOc1cccc(CNC)c1. The molecule has 0 aromatic heterocycles. The second-order valence-corrected chi connectivity index (χ2v) is 4.79. The van der Waals surface area contributed by atoms with E-state index in [2.05, 4.69) is 30.4 Å². The quantitative estimate of drug-likeness (QED) is 0.629. The van der Waals surface area contributed by atoms with Crippen molar-refractivity contribution in [2.45, 2.75) is 52.0 Å². The zero-order valence-electron chi connectivity index (χ0n) is 11.9. The van der Waals surface area contributed by atoms with Crippen molar-refractivity contribution in [1.29, 1.82) is 0 Å². The van der Waals surface area contributed by atoms with Crippen molar-refractivity contribution in [3.8, 4) is 5.75 Å².